The zero-order valence-electron chi connectivity index (χ0n) is 12.7. The summed E-state index contributed by atoms with van der Waals surface area (Å²) in [5, 5.41) is 11.8. The summed E-state index contributed by atoms with van der Waals surface area (Å²) in [5.74, 6) is 0.329. The molecule has 0 saturated heterocycles. The molecule has 0 saturated carbocycles. The first-order valence-corrected chi connectivity index (χ1v) is 7.07. The van der Waals surface area contributed by atoms with E-state index in [1.54, 1.807) is 0 Å². The predicted octanol–water partition coefficient (Wildman–Crippen LogP) is 3.05. The molecule has 4 heteroatoms. The van der Waals surface area contributed by atoms with Crippen LogP contribution < -0.4 is 5.73 Å². The molecule has 108 valence electrons. The Morgan fingerprint density at radius 2 is 1.83 bits per heavy atom. The first-order valence-electron chi connectivity index (χ1n) is 7.07. The Labute approximate surface area is 112 Å². The highest BCUT2D eigenvalue weighted by molar-refractivity contribution is 5.85. The van der Waals surface area contributed by atoms with Gasteiger partial charge in [0.1, 0.15) is 5.84 Å². The van der Waals surface area contributed by atoms with Crippen LogP contribution in [-0.4, -0.2) is 35.6 Å². The lowest BCUT2D eigenvalue weighted by Crippen LogP contribution is -2.33. The molecule has 0 unspecified atom stereocenters. The Morgan fingerprint density at radius 3 is 2.28 bits per heavy atom. The standard InChI is InChI=1S/C14H31N3O/c1-6-12(7-2)17(5)11-9-8-10-14(3,4)13(15)16-18/h12,18H,6-11H2,1-5H3,(H2,15,16). The van der Waals surface area contributed by atoms with Crippen molar-refractivity contribution >= 4 is 5.84 Å². The van der Waals surface area contributed by atoms with E-state index in [0.717, 1.165) is 25.8 Å². The third-order valence-corrected chi connectivity index (χ3v) is 3.93. The number of oxime groups is 1. The van der Waals surface area contributed by atoms with Gasteiger partial charge in [0.25, 0.3) is 0 Å². The molecule has 0 radical (unpaired) electrons. The van der Waals surface area contributed by atoms with Gasteiger partial charge in [0.15, 0.2) is 0 Å². The van der Waals surface area contributed by atoms with Crippen LogP contribution in [0.25, 0.3) is 0 Å². The van der Waals surface area contributed by atoms with Crippen LogP contribution in [0.3, 0.4) is 0 Å². The summed E-state index contributed by atoms with van der Waals surface area (Å²) in [6.45, 7) is 9.65. The molecule has 0 spiro atoms. The first kappa shape index (κ1) is 17.2. The molecular formula is C14H31N3O. The van der Waals surface area contributed by atoms with E-state index in [4.69, 9.17) is 10.9 Å². The quantitative estimate of drug-likeness (QED) is 0.219. The molecule has 0 aromatic carbocycles. The molecule has 0 amide bonds. The van der Waals surface area contributed by atoms with Crippen molar-refractivity contribution in [2.75, 3.05) is 13.6 Å². The monoisotopic (exact) mass is 257 g/mol. The second-order valence-corrected chi connectivity index (χ2v) is 5.78. The maximum absolute atomic E-state index is 8.71. The van der Waals surface area contributed by atoms with E-state index >= 15 is 0 Å². The number of unbranched alkanes of at least 4 members (excludes halogenated alkanes) is 1. The van der Waals surface area contributed by atoms with E-state index in [1.807, 2.05) is 13.8 Å². The van der Waals surface area contributed by atoms with Gasteiger partial charge in [-0.05, 0) is 39.3 Å². The van der Waals surface area contributed by atoms with Crippen molar-refractivity contribution in [3.8, 4) is 0 Å². The molecule has 0 atom stereocenters. The zero-order valence-corrected chi connectivity index (χ0v) is 12.7. The fourth-order valence-corrected chi connectivity index (χ4v) is 2.29. The largest absolute Gasteiger partial charge is 0.409 e. The maximum Gasteiger partial charge on any atom is 0.144 e. The van der Waals surface area contributed by atoms with Gasteiger partial charge in [0, 0.05) is 11.5 Å². The van der Waals surface area contributed by atoms with Crippen LogP contribution in [0.15, 0.2) is 5.16 Å². The average Bonchev–Trinajstić information content (AvgIpc) is 2.35. The number of nitrogens with two attached hydrogens (primary N) is 1. The summed E-state index contributed by atoms with van der Waals surface area (Å²) in [6, 6.07) is 0.696. The molecule has 0 bridgehead atoms. The Bertz CT molecular complexity index is 247. The van der Waals surface area contributed by atoms with E-state index in [1.165, 1.54) is 12.8 Å². The molecule has 0 heterocycles. The Kier molecular flexibility index (Phi) is 8.00. The SMILES string of the molecule is CCC(CC)N(C)CCCCC(C)(C)C(N)=NO. The molecule has 0 aliphatic carbocycles. The van der Waals surface area contributed by atoms with Gasteiger partial charge in [-0.2, -0.15) is 0 Å². The van der Waals surface area contributed by atoms with Crippen LogP contribution in [-0.2, 0) is 0 Å². The molecule has 0 aliphatic heterocycles. The Hall–Kier alpha value is -0.770. The Morgan fingerprint density at radius 1 is 1.28 bits per heavy atom. The Balaban J connectivity index is 3.93. The maximum atomic E-state index is 8.71. The van der Waals surface area contributed by atoms with E-state index in [0.29, 0.717) is 11.9 Å². The number of rotatable bonds is 9. The zero-order chi connectivity index (χ0) is 14.2. The smallest absolute Gasteiger partial charge is 0.144 e. The van der Waals surface area contributed by atoms with E-state index < -0.39 is 0 Å². The molecule has 3 N–H and O–H groups in total. The predicted molar refractivity (Wildman–Crippen MR) is 78.0 cm³/mol. The average molecular weight is 257 g/mol. The molecule has 4 nitrogen and oxygen atoms in total. The van der Waals surface area contributed by atoms with Gasteiger partial charge in [-0.3, -0.25) is 0 Å². The lowest BCUT2D eigenvalue weighted by atomic mass is 9.86. The molecule has 18 heavy (non-hydrogen) atoms. The van der Waals surface area contributed by atoms with Gasteiger partial charge < -0.3 is 15.8 Å². The van der Waals surface area contributed by atoms with Gasteiger partial charge in [0.05, 0.1) is 0 Å². The fourth-order valence-electron chi connectivity index (χ4n) is 2.29. The summed E-state index contributed by atoms with van der Waals surface area (Å²) in [4.78, 5) is 2.44. The minimum Gasteiger partial charge on any atom is -0.409 e. The second kappa shape index (κ2) is 8.35. The molecule has 0 fully saturated rings. The second-order valence-electron chi connectivity index (χ2n) is 5.78. The third kappa shape index (κ3) is 5.71. The lowest BCUT2D eigenvalue weighted by molar-refractivity contribution is 0.222. The van der Waals surface area contributed by atoms with Crippen molar-refractivity contribution < 1.29 is 5.21 Å². The van der Waals surface area contributed by atoms with Crippen molar-refractivity contribution in [3.05, 3.63) is 0 Å². The first-order chi connectivity index (χ1) is 8.38. The molecular weight excluding hydrogens is 226 g/mol. The summed E-state index contributed by atoms with van der Waals surface area (Å²) >= 11 is 0. The van der Waals surface area contributed by atoms with Crippen LogP contribution in [0.5, 0.6) is 0 Å². The lowest BCUT2D eigenvalue weighted by Gasteiger charge is -2.27. The van der Waals surface area contributed by atoms with Crippen LogP contribution in [0.2, 0.25) is 0 Å². The van der Waals surface area contributed by atoms with Crippen LogP contribution in [0.1, 0.15) is 59.8 Å². The normalized spacial score (nSPS) is 13.6. The summed E-state index contributed by atoms with van der Waals surface area (Å²) in [6.07, 6.45) is 5.65. The van der Waals surface area contributed by atoms with Crippen molar-refractivity contribution in [2.45, 2.75) is 65.8 Å². The van der Waals surface area contributed by atoms with Crippen LogP contribution >= 0.6 is 0 Å². The van der Waals surface area contributed by atoms with Gasteiger partial charge in [-0.1, -0.05) is 39.3 Å². The van der Waals surface area contributed by atoms with Crippen LogP contribution in [0, 0.1) is 5.41 Å². The summed E-state index contributed by atoms with van der Waals surface area (Å²) < 4.78 is 0. The third-order valence-electron chi connectivity index (χ3n) is 3.93. The van der Waals surface area contributed by atoms with Crippen molar-refractivity contribution in [1.29, 1.82) is 0 Å². The van der Waals surface area contributed by atoms with E-state index in [9.17, 15) is 0 Å². The van der Waals surface area contributed by atoms with Crippen molar-refractivity contribution in [2.24, 2.45) is 16.3 Å². The number of hydrogen-bond acceptors (Lipinski definition) is 3. The number of hydrogen-bond donors (Lipinski definition) is 2. The van der Waals surface area contributed by atoms with Crippen molar-refractivity contribution in [3.63, 3.8) is 0 Å². The molecule has 0 rings (SSSR count). The van der Waals surface area contributed by atoms with Gasteiger partial charge in [-0.25, -0.2) is 0 Å². The highest BCUT2D eigenvalue weighted by Crippen LogP contribution is 2.23. The van der Waals surface area contributed by atoms with Gasteiger partial charge >= 0.3 is 0 Å². The molecule has 0 aromatic heterocycles. The topological polar surface area (TPSA) is 61.8 Å². The summed E-state index contributed by atoms with van der Waals surface area (Å²) in [5.41, 5.74) is 5.47. The highest BCUT2D eigenvalue weighted by atomic mass is 16.4. The van der Waals surface area contributed by atoms with Gasteiger partial charge in [0.2, 0.25) is 0 Å². The molecule has 0 aromatic rings. The minimum absolute atomic E-state index is 0.206. The van der Waals surface area contributed by atoms with E-state index in [-0.39, 0.29) is 5.41 Å². The minimum atomic E-state index is -0.206. The summed E-state index contributed by atoms with van der Waals surface area (Å²) in [7, 11) is 2.20. The van der Waals surface area contributed by atoms with Gasteiger partial charge in [-0.15, -0.1) is 0 Å². The molecule has 0 aliphatic rings. The van der Waals surface area contributed by atoms with Crippen LogP contribution in [0.4, 0.5) is 0 Å². The highest BCUT2D eigenvalue weighted by Gasteiger charge is 2.22. The van der Waals surface area contributed by atoms with E-state index in [2.05, 4.69) is 31.0 Å². The number of amidine groups is 1. The number of nitrogens with zero attached hydrogens (tertiary/aromatic N) is 2. The fraction of sp³-hybridized carbons (Fsp3) is 0.929. The van der Waals surface area contributed by atoms with Crippen molar-refractivity contribution in [1.82, 2.24) is 4.90 Å².